The summed E-state index contributed by atoms with van der Waals surface area (Å²) in [7, 11) is 0. The predicted octanol–water partition coefficient (Wildman–Crippen LogP) is 6.74. The zero-order valence-electron chi connectivity index (χ0n) is 20.8. The molecule has 0 aliphatic heterocycles. The minimum atomic E-state index is -0.702. The van der Waals surface area contributed by atoms with Crippen molar-refractivity contribution < 1.29 is 18.7 Å². The van der Waals surface area contributed by atoms with E-state index in [0.29, 0.717) is 56.5 Å². The van der Waals surface area contributed by atoms with Crippen LogP contribution >= 0.6 is 0 Å². The fraction of sp³-hybridized carbons (Fsp3) is 0.0645. The third-order valence-corrected chi connectivity index (χ3v) is 6.00. The van der Waals surface area contributed by atoms with Gasteiger partial charge in [0.05, 0.1) is 39.6 Å². The predicted molar refractivity (Wildman–Crippen MR) is 146 cm³/mol. The number of aldehydes is 1. The highest BCUT2D eigenvalue weighted by Crippen LogP contribution is 2.29. The van der Waals surface area contributed by atoms with E-state index in [1.807, 2.05) is 6.07 Å². The van der Waals surface area contributed by atoms with Gasteiger partial charge in [0, 0.05) is 34.6 Å². The first kappa shape index (κ1) is 25.7. The summed E-state index contributed by atoms with van der Waals surface area (Å²) >= 11 is 0. The van der Waals surface area contributed by atoms with Gasteiger partial charge in [-0.2, -0.15) is 0 Å². The number of benzene rings is 2. The number of carbonyl (C=O) groups excluding carboxylic acids is 1. The number of aliphatic hydroxyl groups is 1. The fourth-order valence-electron chi connectivity index (χ4n) is 4.17. The highest BCUT2D eigenvalue weighted by Gasteiger charge is 2.14. The summed E-state index contributed by atoms with van der Waals surface area (Å²) in [5.74, 6) is -0.686. The number of carbonyl (C=O) groups is 1. The molecule has 4 heterocycles. The molecule has 8 heteroatoms. The molecule has 1 atom stereocenters. The van der Waals surface area contributed by atoms with Gasteiger partial charge in [-0.3, -0.25) is 14.8 Å². The van der Waals surface area contributed by atoms with Gasteiger partial charge in [-0.15, -0.1) is 0 Å². The number of pyridine rings is 4. The van der Waals surface area contributed by atoms with Gasteiger partial charge in [-0.05, 0) is 67.6 Å². The third kappa shape index (κ3) is 5.66. The Morgan fingerprint density at radius 3 is 1.77 bits per heavy atom. The Hall–Kier alpha value is -4.95. The summed E-state index contributed by atoms with van der Waals surface area (Å²) in [5.41, 5.74) is 6.06. The molecular weight excluding hydrogens is 498 g/mol. The van der Waals surface area contributed by atoms with Gasteiger partial charge in [-0.1, -0.05) is 24.3 Å². The van der Waals surface area contributed by atoms with Crippen LogP contribution in [0.3, 0.4) is 0 Å². The maximum absolute atomic E-state index is 13.4. The van der Waals surface area contributed by atoms with Gasteiger partial charge in [0.25, 0.3) is 0 Å². The van der Waals surface area contributed by atoms with E-state index in [1.165, 1.54) is 24.3 Å². The highest BCUT2D eigenvalue weighted by atomic mass is 19.1. The van der Waals surface area contributed by atoms with E-state index >= 15 is 0 Å². The van der Waals surface area contributed by atoms with E-state index in [2.05, 4.69) is 19.9 Å². The van der Waals surface area contributed by atoms with Crippen LogP contribution in [0.2, 0.25) is 0 Å². The van der Waals surface area contributed by atoms with Crippen molar-refractivity contribution in [3.05, 3.63) is 120 Å². The average molecular weight is 521 g/mol. The van der Waals surface area contributed by atoms with Crippen molar-refractivity contribution in [2.24, 2.45) is 0 Å². The van der Waals surface area contributed by atoms with Crippen molar-refractivity contribution in [1.29, 1.82) is 0 Å². The van der Waals surface area contributed by atoms with Crippen LogP contribution in [0.25, 0.3) is 44.6 Å². The van der Waals surface area contributed by atoms with Crippen molar-refractivity contribution in [1.82, 2.24) is 19.9 Å². The first-order valence-electron chi connectivity index (χ1n) is 12.1. The Labute approximate surface area is 222 Å². The standard InChI is InChI=1S/C16H13FN2O.C15H9FN2O/c1-10(20)13-9-15-14(6-3-7-18-15)19-16(13)11-4-2-5-12(17)8-11;16-12-4-1-3-10(7-12)15-11(9-19)8-14-13(18-15)5-2-6-17-14/h2-10,20H,1H3;1-9H. The number of hydrogen-bond donors (Lipinski definition) is 1. The lowest BCUT2D eigenvalue weighted by Crippen LogP contribution is -1.99. The quantitative estimate of drug-likeness (QED) is 0.259. The van der Waals surface area contributed by atoms with E-state index < -0.39 is 6.10 Å². The molecule has 1 N–H and O–H groups in total. The fourth-order valence-corrected chi connectivity index (χ4v) is 4.17. The average Bonchev–Trinajstić information content (AvgIpc) is 2.96. The topological polar surface area (TPSA) is 88.9 Å². The molecule has 1 unspecified atom stereocenters. The third-order valence-electron chi connectivity index (χ3n) is 6.00. The van der Waals surface area contributed by atoms with Gasteiger partial charge in [-0.25, -0.2) is 18.7 Å². The summed E-state index contributed by atoms with van der Waals surface area (Å²) in [6.07, 6.45) is 3.33. The maximum Gasteiger partial charge on any atom is 0.152 e. The van der Waals surface area contributed by atoms with Crippen LogP contribution < -0.4 is 0 Å². The maximum atomic E-state index is 13.4. The second-order valence-corrected chi connectivity index (χ2v) is 8.75. The number of aliphatic hydroxyl groups excluding tert-OH is 1. The number of hydrogen-bond acceptors (Lipinski definition) is 6. The van der Waals surface area contributed by atoms with Gasteiger partial charge >= 0.3 is 0 Å². The lowest BCUT2D eigenvalue weighted by molar-refractivity contribution is 0.112. The molecule has 0 saturated carbocycles. The zero-order chi connectivity index (χ0) is 27.4. The van der Waals surface area contributed by atoms with Gasteiger partial charge in [0.1, 0.15) is 11.6 Å². The minimum absolute atomic E-state index is 0.327. The molecule has 6 aromatic rings. The Bertz CT molecular complexity index is 1810. The van der Waals surface area contributed by atoms with E-state index in [0.717, 1.165) is 5.52 Å². The zero-order valence-corrected chi connectivity index (χ0v) is 20.8. The van der Waals surface area contributed by atoms with E-state index in [9.17, 15) is 18.7 Å². The van der Waals surface area contributed by atoms with Crippen molar-refractivity contribution in [3.63, 3.8) is 0 Å². The number of fused-ring (bicyclic) bond motifs is 2. The van der Waals surface area contributed by atoms with Crippen molar-refractivity contribution in [3.8, 4) is 22.5 Å². The normalized spacial score (nSPS) is 11.6. The molecule has 0 saturated heterocycles. The molecule has 0 spiro atoms. The lowest BCUT2D eigenvalue weighted by Gasteiger charge is -2.12. The van der Waals surface area contributed by atoms with Crippen LogP contribution in [-0.2, 0) is 0 Å². The summed E-state index contributed by atoms with van der Waals surface area (Å²) in [5, 5.41) is 9.93. The van der Waals surface area contributed by atoms with E-state index in [-0.39, 0.29) is 11.6 Å². The monoisotopic (exact) mass is 520 g/mol. The first-order chi connectivity index (χ1) is 18.9. The van der Waals surface area contributed by atoms with Gasteiger partial charge in [0.15, 0.2) is 6.29 Å². The summed E-state index contributed by atoms with van der Waals surface area (Å²) in [4.78, 5) is 28.5. The second-order valence-electron chi connectivity index (χ2n) is 8.75. The largest absolute Gasteiger partial charge is 0.389 e. The van der Waals surface area contributed by atoms with Crippen molar-refractivity contribution in [2.75, 3.05) is 0 Å². The minimum Gasteiger partial charge on any atom is -0.389 e. The molecule has 0 radical (unpaired) electrons. The van der Waals surface area contributed by atoms with Crippen molar-refractivity contribution >= 4 is 28.4 Å². The Morgan fingerprint density at radius 2 is 1.23 bits per heavy atom. The van der Waals surface area contributed by atoms with Crippen LogP contribution in [0, 0.1) is 11.6 Å². The molecule has 0 aliphatic carbocycles. The molecular formula is C31H22F2N4O2. The Balaban J connectivity index is 0.000000158. The second kappa shape index (κ2) is 11.2. The SMILES string of the molecule is CC(O)c1cc2ncccc2nc1-c1cccc(F)c1.O=Cc1cc2ncccc2nc1-c1cccc(F)c1. The summed E-state index contributed by atoms with van der Waals surface area (Å²) in [6, 6.07) is 22.9. The molecule has 4 aromatic heterocycles. The molecule has 0 amide bonds. The molecule has 0 bridgehead atoms. The van der Waals surface area contributed by atoms with Crippen LogP contribution in [0.5, 0.6) is 0 Å². The van der Waals surface area contributed by atoms with Gasteiger partial charge in [0.2, 0.25) is 0 Å². The molecule has 192 valence electrons. The smallest absolute Gasteiger partial charge is 0.152 e. The molecule has 0 fully saturated rings. The Kier molecular flexibility index (Phi) is 7.38. The molecule has 39 heavy (non-hydrogen) atoms. The first-order valence-corrected chi connectivity index (χ1v) is 12.1. The van der Waals surface area contributed by atoms with E-state index in [1.54, 1.807) is 73.9 Å². The number of aromatic nitrogens is 4. The molecule has 6 rings (SSSR count). The van der Waals surface area contributed by atoms with Crippen LogP contribution in [0.4, 0.5) is 8.78 Å². The lowest BCUT2D eigenvalue weighted by atomic mass is 10.0. The highest BCUT2D eigenvalue weighted by molar-refractivity contribution is 5.92. The van der Waals surface area contributed by atoms with Crippen molar-refractivity contribution in [2.45, 2.75) is 13.0 Å². The van der Waals surface area contributed by atoms with E-state index in [4.69, 9.17) is 0 Å². The van der Waals surface area contributed by atoms with Gasteiger partial charge < -0.3 is 5.11 Å². The number of halogens is 2. The summed E-state index contributed by atoms with van der Waals surface area (Å²) < 4.78 is 26.7. The molecule has 2 aromatic carbocycles. The van der Waals surface area contributed by atoms with Crippen LogP contribution in [0.15, 0.2) is 97.3 Å². The Morgan fingerprint density at radius 1 is 0.692 bits per heavy atom. The van der Waals surface area contributed by atoms with Crippen LogP contribution in [-0.4, -0.2) is 31.3 Å². The van der Waals surface area contributed by atoms with Crippen LogP contribution in [0.1, 0.15) is 28.9 Å². The number of nitrogens with zero attached hydrogens (tertiary/aromatic N) is 4. The summed E-state index contributed by atoms with van der Waals surface area (Å²) in [6.45, 7) is 1.66. The molecule has 0 aliphatic rings. The molecule has 6 nitrogen and oxygen atoms in total. The number of rotatable bonds is 4.